The first-order valence-electron chi connectivity index (χ1n) is 6.67. The number of aromatic nitrogens is 2. The summed E-state index contributed by atoms with van der Waals surface area (Å²) in [6, 6.07) is 0. The van der Waals surface area contributed by atoms with Crippen LogP contribution in [0.1, 0.15) is 62.6 Å². The summed E-state index contributed by atoms with van der Waals surface area (Å²) in [6.07, 6.45) is 6.50. The molecule has 0 aromatic carbocycles. The number of carbonyl (C=O) groups is 1. The molecule has 2 aliphatic carbocycles. The smallest absolute Gasteiger partial charge is 0.237 e. The van der Waals surface area contributed by atoms with Gasteiger partial charge < -0.3 is 9.26 Å². The monoisotopic (exact) mass is 250 g/mol. The first-order chi connectivity index (χ1) is 8.75. The SMILES string of the molecule is COC1(c2noc(C3CCCCC3=O)n2)CCC1. The zero-order valence-corrected chi connectivity index (χ0v) is 10.6. The minimum atomic E-state index is -0.362. The lowest BCUT2D eigenvalue weighted by Crippen LogP contribution is -2.37. The lowest BCUT2D eigenvalue weighted by Gasteiger charge is -2.37. The van der Waals surface area contributed by atoms with Gasteiger partial charge in [-0.2, -0.15) is 4.98 Å². The molecule has 1 unspecified atom stereocenters. The van der Waals surface area contributed by atoms with Gasteiger partial charge in [0.25, 0.3) is 0 Å². The molecule has 18 heavy (non-hydrogen) atoms. The van der Waals surface area contributed by atoms with E-state index in [4.69, 9.17) is 9.26 Å². The minimum absolute atomic E-state index is 0.186. The van der Waals surface area contributed by atoms with Crippen molar-refractivity contribution in [2.45, 2.75) is 56.5 Å². The molecule has 0 aliphatic heterocycles. The Morgan fingerprint density at radius 3 is 2.78 bits per heavy atom. The van der Waals surface area contributed by atoms with Gasteiger partial charge in [-0.3, -0.25) is 4.79 Å². The number of hydrogen-bond donors (Lipinski definition) is 0. The normalized spacial score (nSPS) is 26.9. The lowest BCUT2D eigenvalue weighted by molar-refractivity contribution is -0.122. The second-order valence-corrected chi connectivity index (χ2v) is 5.27. The van der Waals surface area contributed by atoms with E-state index in [2.05, 4.69) is 10.1 Å². The van der Waals surface area contributed by atoms with Crippen molar-refractivity contribution in [1.82, 2.24) is 10.1 Å². The lowest BCUT2D eigenvalue weighted by atomic mass is 9.79. The average Bonchev–Trinajstić information content (AvgIpc) is 2.79. The number of ketones is 1. The maximum atomic E-state index is 11.8. The van der Waals surface area contributed by atoms with Crippen molar-refractivity contribution in [3.63, 3.8) is 0 Å². The molecule has 1 aromatic heterocycles. The summed E-state index contributed by atoms with van der Waals surface area (Å²) in [6.45, 7) is 0. The highest BCUT2D eigenvalue weighted by molar-refractivity contribution is 5.85. The summed E-state index contributed by atoms with van der Waals surface area (Å²) in [7, 11) is 1.68. The minimum Gasteiger partial charge on any atom is -0.370 e. The number of rotatable bonds is 3. The molecule has 2 saturated carbocycles. The first kappa shape index (κ1) is 11.8. The fraction of sp³-hybridized carbons (Fsp3) is 0.769. The van der Waals surface area contributed by atoms with E-state index in [1.54, 1.807) is 7.11 Å². The molecular formula is C13H18N2O3. The van der Waals surface area contributed by atoms with Gasteiger partial charge in [-0.15, -0.1) is 0 Å². The van der Waals surface area contributed by atoms with Crippen LogP contribution in [-0.2, 0) is 15.1 Å². The molecule has 5 nitrogen and oxygen atoms in total. The van der Waals surface area contributed by atoms with Gasteiger partial charge in [-0.1, -0.05) is 11.6 Å². The molecule has 3 rings (SSSR count). The van der Waals surface area contributed by atoms with Crippen LogP contribution in [0.2, 0.25) is 0 Å². The molecule has 2 fully saturated rings. The van der Waals surface area contributed by atoms with Crippen molar-refractivity contribution >= 4 is 5.78 Å². The summed E-state index contributed by atoms with van der Waals surface area (Å²) in [4.78, 5) is 16.3. The molecule has 2 aliphatic rings. The second kappa shape index (κ2) is 4.46. The molecule has 0 bridgehead atoms. The highest BCUT2D eigenvalue weighted by Crippen LogP contribution is 2.43. The Morgan fingerprint density at radius 1 is 1.33 bits per heavy atom. The zero-order chi connectivity index (χ0) is 12.6. The van der Waals surface area contributed by atoms with E-state index in [9.17, 15) is 4.79 Å². The maximum absolute atomic E-state index is 11.8. The topological polar surface area (TPSA) is 65.2 Å². The summed E-state index contributed by atoms with van der Waals surface area (Å²) < 4.78 is 10.8. The molecular weight excluding hydrogens is 232 g/mol. The van der Waals surface area contributed by atoms with Crippen LogP contribution < -0.4 is 0 Å². The van der Waals surface area contributed by atoms with E-state index in [0.717, 1.165) is 38.5 Å². The molecule has 1 heterocycles. The molecule has 1 atom stereocenters. The summed E-state index contributed by atoms with van der Waals surface area (Å²) in [5.74, 6) is 1.15. The molecule has 0 N–H and O–H groups in total. The molecule has 5 heteroatoms. The summed E-state index contributed by atoms with van der Waals surface area (Å²) >= 11 is 0. The van der Waals surface area contributed by atoms with Crippen LogP contribution >= 0.6 is 0 Å². The van der Waals surface area contributed by atoms with Gasteiger partial charge in [-0.25, -0.2) is 0 Å². The van der Waals surface area contributed by atoms with Crippen LogP contribution in [0.15, 0.2) is 4.52 Å². The number of hydrogen-bond acceptors (Lipinski definition) is 5. The highest BCUT2D eigenvalue weighted by atomic mass is 16.5. The van der Waals surface area contributed by atoms with E-state index in [0.29, 0.717) is 18.1 Å². The fourth-order valence-electron chi connectivity index (χ4n) is 2.82. The summed E-state index contributed by atoms with van der Waals surface area (Å²) in [5, 5.41) is 4.03. The fourth-order valence-corrected chi connectivity index (χ4v) is 2.82. The number of ether oxygens (including phenoxy) is 1. The van der Waals surface area contributed by atoms with Gasteiger partial charge in [0.05, 0.1) is 5.92 Å². The third-order valence-corrected chi connectivity index (χ3v) is 4.25. The van der Waals surface area contributed by atoms with E-state index in [1.807, 2.05) is 0 Å². The molecule has 1 aromatic rings. The van der Waals surface area contributed by atoms with Gasteiger partial charge in [-0.05, 0) is 32.1 Å². The van der Waals surface area contributed by atoms with Crippen LogP contribution in [0.3, 0.4) is 0 Å². The standard InChI is InChI=1S/C13H18N2O3/c1-17-13(7-4-8-13)12-14-11(18-15-12)9-5-2-3-6-10(9)16/h9H,2-8H2,1H3. The predicted octanol–water partition coefficient (Wildman–Crippen LogP) is 2.32. The first-order valence-corrected chi connectivity index (χ1v) is 6.67. The molecule has 0 radical (unpaired) electrons. The molecule has 98 valence electrons. The Kier molecular flexibility index (Phi) is 2.93. The quantitative estimate of drug-likeness (QED) is 0.823. The van der Waals surface area contributed by atoms with Crippen molar-refractivity contribution in [3.05, 3.63) is 11.7 Å². The van der Waals surface area contributed by atoms with Crippen molar-refractivity contribution in [3.8, 4) is 0 Å². The van der Waals surface area contributed by atoms with Crippen LogP contribution in [0.5, 0.6) is 0 Å². The van der Waals surface area contributed by atoms with Crippen molar-refractivity contribution in [2.75, 3.05) is 7.11 Å². The van der Waals surface area contributed by atoms with Crippen LogP contribution in [0.4, 0.5) is 0 Å². The second-order valence-electron chi connectivity index (χ2n) is 5.27. The third kappa shape index (κ3) is 1.77. The van der Waals surface area contributed by atoms with E-state index in [1.165, 1.54) is 0 Å². The Hall–Kier alpha value is -1.23. The Balaban J connectivity index is 1.82. The maximum Gasteiger partial charge on any atom is 0.237 e. The number of Topliss-reactive ketones (excluding diaryl/α,β-unsaturated/α-hetero) is 1. The van der Waals surface area contributed by atoms with Crippen molar-refractivity contribution < 1.29 is 14.1 Å². The molecule has 0 saturated heterocycles. The van der Waals surface area contributed by atoms with Gasteiger partial charge in [0, 0.05) is 13.5 Å². The predicted molar refractivity (Wildman–Crippen MR) is 63.1 cm³/mol. The van der Waals surface area contributed by atoms with Gasteiger partial charge in [0.1, 0.15) is 11.4 Å². The average molecular weight is 250 g/mol. The van der Waals surface area contributed by atoms with E-state index in [-0.39, 0.29) is 17.3 Å². The number of methoxy groups -OCH3 is 1. The van der Waals surface area contributed by atoms with Crippen molar-refractivity contribution in [2.24, 2.45) is 0 Å². The number of nitrogens with zero attached hydrogens (tertiary/aromatic N) is 2. The van der Waals surface area contributed by atoms with Crippen LogP contribution in [-0.4, -0.2) is 23.0 Å². The largest absolute Gasteiger partial charge is 0.370 e. The van der Waals surface area contributed by atoms with E-state index >= 15 is 0 Å². The molecule has 0 amide bonds. The zero-order valence-electron chi connectivity index (χ0n) is 10.6. The van der Waals surface area contributed by atoms with E-state index < -0.39 is 0 Å². The van der Waals surface area contributed by atoms with Gasteiger partial charge in [0.15, 0.2) is 0 Å². The molecule has 0 spiro atoms. The highest BCUT2D eigenvalue weighted by Gasteiger charge is 2.44. The van der Waals surface area contributed by atoms with Crippen molar-refractivity contribution in [1.29, 1.82) is 0 Å². The Labute approximate surface area is 106 Å². The number of carbonyl (C=O) groups excluding carboxylic acids is 1. The Bertz CT molecular complexity index is 445. The van der Waals surface area contributed by atoms with Gasteiger partial charge in [0.2, 0.25) is 11.7 Å². The van der Waals surface area contributed by atoms with Crippen LogP contribution in [0.25, 0.3) is 0 Å². The third-order valence-electron chi connectivity index (χ3n) is 4.25. The Morgan fingerprint density at radius 2 is 2.17 bits per heavy atom. The summed E-state index contributed by atoms with van der Waals surface area (Å²) in [5.41, 5.74) is -0.362. The van der Waals surface area contributed by atoms with Crippen LogP contribution in [0, 0.1) is 0 Å². The van der Waals surface area contributed by atoms with Gasteiger partial charge >= 0.3 is 0 Å².